The number of nitrogens with zero attached hydrogens (tertiary/aromatic N) is 1. The van der Waals surface area contributed by atoms with Gasteiger partial charge in [0, 0.05) is 15.1 Å². The fourth-order valence-corrected chi connectivity index (χ4v) is 3.31. The normalized spacial score (nSPS) is 10.5. The molecule has 0 atom stereocenters. The maximum Gasteiger partial charge on any atom is 0.311 e. The number of hydrogen-bond acceptors (Lipinski definition) is 6. The van der Waals surface area contributed by atoms with Crippen molar-refractivity contribution in [1.82, 2.24) is 4.98 Å². The number of thiophene rings is 1. The van der Waals surface area contributed by atoms with Gasteiger partial charge in [0.05, 0.1) is 25.3 Å². The zero-order valence-electron chi connectivity index (χ0n) is 11.6. The predicted octanol–water partition coefficient (Wildman–Crippen LogP) is 3.48. The third-order valence-corrected chi connectivity index (χ3v) is 4.74. The Balaban J connectivity index is 1.84. The summed E-state index contributed by atoms with van der Waals surface area (Å²) in [5.74, 6) is -0.227. The molecule has 0 aromatic carbocycles. The van der Waals surface area contributed by atoms with E-state index in [4.69, 9.17) is 4.74 Å². The number of ether oxygens (including phenoxy) is 1. The molecule has 0 aliphatic carbocycles. The van der Waals surface area contributed by atoms with Crippen LogP contribution in [0.2, 0.25) is 0 Å². The molecular weight excluding hydrogens is 292 g/mol. The Hall–Kier alpha value is -1.40. The van der Waals surface area contributed by atoms with Gasteiger partial charge in [-0.2, -0.15) is 0 Å². The zero-order valence-corrected chi connectivity index (χ0v) is 13.3. The third-order valence-electron chi connectivity index (χ3n) is 2.66. The second kappa shape index (κ2) is 7.40. The molecule has 0 aliphatic heterocycles. The summed E-state index contributed by atoms with van der Waals surface area (Å²) in [7, 11) is 0. The van der Waals surface area contributed by atoms with Gasteiger partial charge in [0.25, 0.3) is 0 Å². The lowest BCUT2D eigenvalue weighted by molar-refractivity contribution is -0.142. The molecule has 0 saturated carbocycles. The lowest BCUT2D eigenvalue weighted by atomic mass is 10.3. The number of anilines is 1. The molecule has 0 aliphatic rings. The van der Waals surface area contributed by atoms with Crippen molar-refractivity contribution in [2.24, 2.45) is 0 Å². The Kier molecular flexibility index (Phi) is 5.55. The van der Waals surface area contributed by atoms with E-state index in [2.05, 4.69) is 29.4 Å². The van der Waals surface area contributed by atoms with Crippen LogP contribution in [0.15, 0.2) is 17.5 Å². The number of aryl methyl sites for hydroxylation is 1. The van der Waals surface area contributed by atoms with E-state index in [-0.39, 0.29) is 12.4 Å². The van der Waals surface area contributed by atoms with Gasteiger partial charge in [-0.3, -0.25) is 4.79 Å². The van der Waals surface area contributed by atoms with E-state index in [0.717, 1.165) is 23.8 Å². The Morgan fingerprint density at radius 1 is 1.35 bits per heavy atom. The summed E-state index contributed by atoms with van der Waals surface area (Å²) in [5, 5.41) is 6.03. The van der Waals surface area contributed by atoms with E-state index >= 15 is 0 Å². The monoisotopic (exact) mass is 310 g/mol. The fourth-order valence-electron chi connectivity index (χ4n) is 1.70. The van der Waals surface area contributed by atoms with E-state index in [0.29, 0.717) is 6.61 Å². The van der Waals surface area contributed by atoms with Crippen LogP contribution in [-0.2, 0) is 28.9 Å². The number of hydrogen-bond donors (Lipinski definition) is 1. The minimum atomic E-state index is -0.227. The summed E-state index contributed by atoms with van der Waals surface area (Å²) in [6, 6.07) is 4.30. The standard InChI is InChI=1S/C14H18N2O2S2/c1-3-11-5-6-12(20-11)8-15-14-16-10(9-19-14)7-13(17)18-4-2/h5-6,9H,3-4,7-8H2,1-2H3,(H,15,16). The first kappa shape index (κ1) is 15.0. The summed E-state index contributed by atoms with van der Waals surface area (Å²) < 4.78 is 4.91. The summed E-state index contributed by atoms with van der Waals surface area (Å²) in [6.45, 7) is 5.15. The second-order valence-electron chi connectivity index (χ2n) is 4.20. The molecular formula is C14H18N2O2S2. The fraction of sp³-hybridized carbons (Fsp3) is 0.429. The van der Waals surface area contributed by atoms with Gasteiger partial charge in [-0.1, -0.05) is 6.92 Å². The molecule has 2 heterocycles. The summed E-state index contributed by atoms with van der Waals surface area (Å²) in [5.41, 5.74) is 0.761. The van der Waals surface area contributed by atoms with Crippen molar-refractivity contribution in [2.75, 3.05) is 11.9 Å². The maximum absolute atomic E-state index is 11.4. The number of carbonyl (C=O) groups is 1. The highest BCUT2D eigenvalue weighted by Gasteiger charge is 2.08. The number of thiazole rings is 1. The van der Waals surface area contributed by atoms with E-state index < -0.39 is 0 Å². The van der Waals surface area contributed by atoms with Crippen molar-refractivity contribution in [2.45, 2.75) is 33.2 Å². The molecule has 0 spiro atoms. The summed E-state index contributed by atoms with van der Waals surface area (Å²) in [4.78, 5) is 18.4. The highest BCUT2D eigenvalue weighted by Crippen LogP contribution is 2.20. The number of rotatable bonds is 7. The molecule has 0 radical (unpaired) electrons. The minimum absolute atomic E-state index is 0.227. The van der Waals surface area contributed by atoms with Crippen molar-refractivity contribution >= 4 is 33.8 Å². The first-order chi connectivity index (χ1) is 9.71. The molecule has 2 aromatic heterocycles. The van der Waals surface area contributed by atoms with E-state index in [1.54, 1.807) is 6.92 Å². The third kappa shape index (κ3) is 4.31. The van der Waals surface area contributed by atoms with Crippen molar-refractivity contribution in [3.63, 3.8) is 0 Å². The molecule has 108 valence electrons. The maximum atomic E-state index is 11.4. The van der Waals surface area contributed by atoms with Gasteiger partial charge in [0.1, 0.15) is 0 Å². The number of nitrogens with one attached hydrogen (secondary N) is 1. The molecule has 6 heteroatoms. The predicted molar refractivity (Wildman–Crippen MR) is 83.5 cm³/mol. The average Bonchev–Trinajstić information content (AvgIpc) is 3.05. The quantitative estimate of drug-likeness (QED) is 0.795. The van der Waals surface area contributed by atoms with E-state index in [1.165, 1.54) is 21.1 Å². The van der Waals surface area contributed by atoms with Gasteiger partial charge in [-0.25, -0.2) is 4.98 Å². The van der Waals surface area contributed by atoms with Crippen LogP contribution in [-0.4, -0.2) is 17.6 Å². The van der Waals surface area contributed by atoms with Gasteiger partial charge >= 0.3 is 5.97 Å². The molecule has 4 nitrogen and oxygen atoms in total. The van der Waals surface area contributed by atoms with E-state index in [1.807, 2.05) is 16.7 Å². The van der Waals surface area contributed by atoms with Gasteiger partial charge in [-0.15, -0.1) is 22.7 Å². The van der Waals surface area contributed by atoms with Crippen molar-refractivity contribution in [1.29, 1.82) is 0 Å². The van der Waals surface area contributed by atoms with Crippen LogP contribution in [0.25, 0.3) is 0 Å². The first-order valence-electron chi connectivity index (χ1n) is 6.62. The lowest BCUT2D eigenvalue weighted by Crippen LogP contribution is -2.07. The van der Waals surface area contributed by atoms with Crippen LogP contribution in [0.4, 0.5) is 5.13 Å². The molecule has 0 amide bonds. The molecule has 0 unspecified atom stereocenters. The molecule has 2 aromatic rings. The van der Waals surface area contributed by atoms with Crippen LogP contribution in [0, 0.1) is 0 Å². The van der Waals surface area contributed by atoms with Crippen molar-refractivity contribution in [3.05, 3.63) is 33.0 Å². The molecule has 2 rings (SSSR count). The Bertz CT molecular complexity index is 563. The lowest BCUT2D eigenvalue weighted by Gasteiger charge is -2.00. The largest absolute Gasteiger partial charge is 0.466 e. The topological polar surface area (TPSA) is 51.2 Å². The highest BCUT2D eigenvalue weighted by molar-refractivity contribution is 7.14. The van der Waals surface area contributed by atoms with Crippen LogP contribution in [0.5, 0.6) is 0 Å². The van der Waals surface area contributed by atoms with Gasteiger partial charge in [0.15, 0.2) is 5.13 Å². The summed E-state index contributed by atoms with van der Waals surface area (Å²) >= 11 is 3.33. The summed E-state index contributed by atoms with van der Waals surface area (Å²) in [6.07, 6.45) is 1.32. The number of aromatic nitrogens is 1. The van der Waals surface area contributed by atoms with Crippen molar-refractivity contribution in [3.8, 4) is 0 Å². The highest BCUT2D eigenvalue weighted by atomic mass is 32.1. The second-order valence-corrected chi connectivity index (χ2v) is 6.31. The number of carbonyl (C=O) groups excluding carboxylic acids is 1. The first-order valence-corrected chi connectivity index (χ1v) is 8.32. The molecule has 1 N–H and O–H groups in total. The van der Waals surface area contributed by atoms with Gasteiger partial charge in [-0.05, 0) is 25.5 Å². The SMILES string of the molecule is CCOC(=O)Cc1csc(NCc2ccc(CC)s2)n1. The molecule has 20 heavy (non-hydrogen) atoms. The molecule has 0 bridgehead atoms. The van der Waals surface area contributed by atoms with Crippen LogP contribution in [0.1, 0.15) is 29.3 Å². The van der Waals surface area contributed by atoms with E-state index in [9.17, 15) is 4.79 Å². The zero-order chi connectivity index (χ0) is 14.4. The molecule has 0 saturated heterocycles. The average molecular weight is 310 g/mol. The minimum Gasteiger partial charge on any atom is -0.466 e. The van der Waals surface area contributed by atoms with Gasteiger partial charge < -0.3 is 10.1 Å². The Labute approximate surface area is 126 Å². The van der Waals surface area contributed by atoms with Crippen LogP contribution >= 0.6 is 22.7 Å². The van der Waals surface area contributed by atoms with Crippen molar-refractivity contribution < 1.29 is 9.53 Å². The Morgan fingerprint density at radius 3 is 2.85 bits per heavy atom. The number of esters is 1. The Morgan fingerprint density at radius 2 is 2.15 bits per heavy atom. The smallest absolute Gasteiger partial charge is 0.311 e. The molecule has 0 fully saturated rings. The van der Waals surface area contributed by atoms with Crippen LogP contribution < -0.4 is 5.32 Å². The van der Waals surface area contributed by atoms with Crippen LogP contribution in [0.3, 0.4) is 0 Å². The van der Waals surface area contributed by atoms with Gasteiger partial charge in [0.2, 0.25) is 0 Å².